The van der Waals surface area contributed by atoms with Crippen LogP contribution in [0.3, 0.4) is 0 Å². The molecular weight excluding hydrogens is 272 g/mol. The number of hydrogen-bond donors (Lipinski definition) is 2. The molecule has 0 aromatic heterocycles. The Balaban J connectivity index is 2.88. The topological polar surface area (TPSA) is 64.3 Å². The van der Waals surface area contributed by atoms with Gasteiger partial charge < -0.3 is 15.8 Å². The molecule has 0 aliphatic carbocycles. The number of amides is 1. The molecule has 0 spiro atoms. The minimum atomic E-state index is -0.834. The zero-order valence-electron chi connectivity index (χ0n) is 12.7. The average Bonchev–Trinajstić information content (AvgIpc) is 2.47. The largest absolute Gasteiger partial charge is 0.397 e. The van der Waals surface area contributed by atoms with Crippen LogP contribution in [0.4, 0.5) is 11.4 Å². The van der Waals surface area contributed by atoms with Crippen LogP contribution >= 0.6 is 11.8 Å². The van der Waals surface area contributed by atoms with Gasteiger partial charge in [0.15, 0.2) is 0 Å². The predicted octanol–water partition coefficient (Wildman–Crippen LogP) is 3.52. The third-order valence-electron chi connectivity index (χ3n) is 3.35. The van der Waals surface area contributed by atoms with Gasteiger partial charge in [-0.3, -0.25) is 4.79 Å². The van der Waals surface area contributed by atoms with Crippen molar-refractivity contribution in [3.05, 3.63) is 18.2 Å². The highest BCUT2D eigenvalue weighted by atomic mass is 32.2. The van der Waals surface area contributed by atoms with Gasteiger partial charge >= 0.3 is 0 Å². The number of nitrogens with one attached hydrogen (secondary N) is 1. The predicted molar refractivity (Wildman–Crippen MR) is 86.2 cm³/mol. The number of hydrogen-bond acceptors (Lipinski definition) is 4. The molecule has 1 unspecified atom stereocenters. The minimum absolute atomic E-state index is 0.174. The normalized spacial score (nSPS) is 13.8. The summed E-state index contributed by atoms with van der Waals surface area (Å²) < 4.78 is 5.30. The zero-order valence-corrected chi connectivity index (χ0v) is 13.5. The molecule has 0 heterocycles. The SMILES string of the molecule is CCCSc1ccc(N)c(NC(=O)C(C)(CC)OC)c1. The van der Waals surface area contributed by atoms with Gasteiger partial charge in [-0.2, -0.15) is 0 Å². The van der Waals surface area contributed by atoms with Crippen molar-refractivity contribution in [1.29, 1.82) is 0 Å². The van der Waals surface area contributed by atoms with Crippen molar-refractivity contribution in [1.82, 2.24) is 0 Å². The molecule has 0 aliphatic rings. The van der Waals surface area contributed by atoms with Crippen LogP contribution < -0.4 is 11.1 Å². The van der Waals surface area contributed by atoms with Gasteiger partial charge in [0.05, 0.1) is 11.4 Å². The third-order valence-corrected chi connectivity index (χ3v) is 4.55. The van der Waals surface area contributed by atoms with E-state index in [4.69, 9.17) is 10.5 Å². The quantitative estimate of drug-likeness (QED) is 0.597. The molecule has 3 N–H and O–H groups in total. The van der Waals surface area contributed by atoms with E-state index in [-0.39, 0.29) is 5.91 Å². The lowest BCUT2D eigenvalue weighted by Crippen LogP contribution is -2.41. The number of rotatable bonds is 7. The molecule has 4 nitrogen and oxygen atoms in total. The number of anilines is 2. The van der Waals surface area contributed by atoms with Crippen LogP contribution in [-0.4, -0.2) is 24.4 Å². The number of carbonyl (C=O) groups excluding carboxylic acids is 1. The molecule has 1 atom stereocenters. The lowest BCUT2D eigenvalue weighted by atomic mass is 10.0. The first-order valence-corrected chi connectivity index (χ1v) is 7.84. The second-order valence-corrected chi connectivity index (χ2v) is 6.01. The molecule has 1 amide bonds. The number of ether oxygens (including phenoxy) is 1. The van der Waals surface area contributed by atoms with Gasteiger partial charge in [-0.25, -0.2) is 0 Å². The summed E-state index contributed by atoms with van der Waals surface area (Å²) in [7, 11) is 1.54. The van der Waals surface area contributed by atoms with Gasteiger partial charge in [0.1, 0.15) is 5.60 Å². The fraction of sp³-hybridized carbons (Fsp3) is 0.533. The van der Waals surface area contributed by atoms with Crippen LogP contribution in [0.15, 0.2) is 23.1 Å². The van der Waals surface area contributed by atoms with Crippen LogP contribution in [0.5, 0.6) is 0 Å². The van der Waals surface area contributed by atoms with E-state index in [0.717, 1.165) is 17.1 Å². The maximum absolute atomic E-state index is 12.3. The first-order valence-electron chi connectivity index (χ1n) is 6.85. The average molecular weight is 296 g/mol. The van der Waals surface area contributed by atoms with E-state index in [1.165, 1.54) is 0 Å². The minimum Gasteiger partial charge on any atom is -0.397 e. The summed E-state index contributed by atoms with van der Waals surface area (Å²) in [6.45, 7) is 5.83. The Bertz CT molecular complexity index is 459. The van der Waals surface area contributed by atoms with Crippen LogP contribution in [-0.2, 0) is 9.53 Å². The Morgan fingerprint density at radius 2 is 2.15 bits per heavy atom. The summed E-state index contributed by atoms with van der Waals surface area (Å²) in [5, 5.41) is 2.87. The fourth-order valence-electron chi connectivity index (χ4n) is 1.61. The molecule has 0 saturated carbocycles. The van der Waals surface area contributed by atoms with Crippen molar-refractivity contribution in [2.45, 2.75) is 44.1 Å². The van der Waals surface area contributed by atoms with Gasteiger partial charge in [-0.1, -0.05) is 13.8 Å². The van der Waals surface area contributed by atoms with Gasteiger partial charge in [0.2, 0.25) is 0 Å². The van der Waals surface area contributed by atoms with Gasteiger partial charge in [-0.05, 0) is 43.7 Å². The molecule has 1 rings (SSSR count). The highest BCUT2D eigenvalue weighted by Crippen LogP contribution is 2.28. The Labute approximate surface area is 125 Å². The van der Waals surface area contributed by atoms with Crippen molar-refractivity contribution in [3.8, 4) is 0 Å². The maximum atomic E-state index is 12.3. The van der Waals surface area contributed by atoms with Crippen LogP contribution in [0, 0.1) is 0 Å². The molecule has 1 aromatic carbocycles. The van der Waals surface area contributed by atoms with E-state index in [0.29, 0.717) is 17.8 Å². The molecule has 0 aliphatic heterocycles. The Morgan fingerprint density at radius 3 is 2.70 bits per heavy atom. The van der Waals surface area contributed by atoms with Crippen LogP contribution in [0.25, 0.3) is 0 Å². The number of benzene rings is 1. The first kappa shape index (κ1) is 16.9. The smallest absolute Gasteiger partial charge is 0.256 e. The van der Waals surface area contributed by atoms with Gasteiger partial charge in [0, 0.05) is 12.0 Å². The first-order chi connectivity index (χ1) is 9.46. The molecule has 0 saturated heterocycles. The van der Waals surface area contributed by atoms with E-state index >= 15 is 0 Å². The number of nitrogens with two attached hydrogens (primary N) is 1. The molecular formula is C15H24N2O2S. The Hall–Kier alpha value is -1.20. The van der Waals surface area contributed by atoms with E-state index in [2.05, 4.69) is 12.2 Å². The van der Waals surface area contributed by atoms with Crippen LogP contribution in [0.1, 0.15) is 33.6 Å². The van der Waals surface area contributed by atoms with Gasteiger partial charge in [-0.15, -0.1) is 11.8 Å². The fourth-order valence-corrected chi connectivity index (χ4v) is 2.41. The summed E-state index contributed by atoms with van der Waals surface area (Å²) >= 11 is 1.75. The highest BCUT2D eigenvalue weighted by molar-refractivity contribution is 7.99. The number of nitrogen functional groups attached to an aromatic ring is 1. The van der Waals surface area contributed by atoms with Gasteiger partial charge in [0.25, 0.3) is 5.91 Å². The lowest BCUT2D eigenvalue weighted by Gasteiger charge is -2.25. The molecule has 20 heavy (non-hydrogen) atoms. The van der Waals surface area contributed by atoms with Crippen molar-refractivity contribution in [2.24, 2.45) is 0 Å². The molecule has 1 aromatic rings. The highest BCUT2D eigenvalue weighted by Gasteiger charge is 2.31. The standard InChI is InChI=1S/C15H24N2O2S/c1-5-9-20-11-7-8-12(16)13(10-11)17-14(18)15(3,6-2)19-4/h7-8,10H,5-6,9,16H2,1-4H3,(H,17,18). The molecule has 0 radical (unpaired) electrons. The lowest BCUT2D eigenvalue weighted by molar-refractivity contribution is -0.136. The van der Waals surface area contributed by atoms with E-state index in [1.54, 1.807) is 25.8 Å². The molecule has 0 bridgehead atoms. The van der Waals surface area contributed by atoms with Crippen molar-refractivity contribution in [3.63, 3.8) is 0 Å². The number of thioether (sulfide) groups is 1. The van der Waals surface area contributed by atoms with Crippen LogP contribution in [0.2, 0.25) is 0 Å². The van der Waals surface area contributed by atoms with E-state index in [1.807, 2.05) is 25.1 Å². The molecule has 5 heteroatoms. The zero-order chi connectivity index (χ0) is 15.2. The second-order valence-electron chi connectivity index (χ2n) is 4.84. The molecule has 112 valence electrons. The van der Waals surface area contributed by atoms with Crippen molar-refractivity contribution >= 4 is 29.0 Å². The summed E-state index contributed by atoms with van der Waals surface area (Å²) in [5.41, 5.74) is 6.30. The third kappa shape index (κ3) is 4.15. The van der Waals surface area contributed by atoms with E-state index in [9.17, 15) is 4.79 Å². The number of carbonyl (C=O) groups is 1. The number of methoxy groups -OCH3 is 1. The Kier molecular flexibility index (Phi) is 6.36. The summed E-state index contributed by atoms with van der Waals surface area (Å²) in [5.74, 6) is 0.869. The van der Waals surface area contributed by atoms with Crippen molar-refractivity contribution < 1.29 is 9.53 Å². The second kappa shape index (κ2) is 7.55. The summed E-state index contributed by atoms with van der Waals surface area (Å²) in [6.07, 6.45) is 1.70. The maximum Gasteiger partial charge on any atom is 0.256 e. The molecule has 0 fully saturated rings. The Morgan fingerprint density at radius 1 is 1.45 bits per heavy atom. The summed E-state index contributed by atoms with van der Waals surface area (Å²) in [4.78, 5) is 13.4. The monoisotopic (exact) mass is 296 g/mol. The van der Waals surface area contributed by atoms with E-state index < -0.39 is 5.60 Å². The van der Waals surface area contributed by atoms with Crippen molar-refractivity contribution in [2.75, 3.05) is 23.9 Å². The summed E-state index contributed by atoms with van der Waals surface area (Å²) in [6, 6.07) is 5.71.